The summed E-state index contributed by atoms with van der Waals surface area (Å²) in [6, 6.07) is 8.55. The molecule has 4 nitrogen and oxygen atoms in total. The van der Waals surface area contributed by atoms with Gasteiger partial charge >= 0.3 is 0 Å². The number of aromatic nitrogens is 2. The largest absolute Gasteiger partial charge is 0.508 e. The van der Waals surface area contributed by atoms with Crippen molar-refractivity contribution in [3.63, 3.8) is 0 Å². The van der Waals surface area contributed by atoms with Gasteiger partial charge in [0.15, 0.2) is 0 Å². The normalized spacial score (nSPS) is 14.5. The van der Waals surface area contributed by atoms with Gasteiger partial charge in [-0.1, -0.05) is 17.7 Å². The van der Waals surface area contributed by atoms with Crippen LogP contribution in [0.4, 0.5) is 11.5 Å². The summed E-state index contributed by atoms with van der Waals surface area (Å²) in [5, 5.41) is 13.0. The van der Waals surface area contributed by atoms with E-state index in [2.05, 4.69) is 15.3 Å². The summed E-state index contributed by atoms with van der Waals surface area (Å²) in [5.74, 6) is 2.11. The topological polar surface area (TPSA) is 58.0 Å². The first-order valence-electron chi connectivity index (χ1n) is 5.81. The third kappa shape index (κ3) is 2.54. The standard InChI is InChI=1S/C13H12ClN3O/c14-11-7-12(17-13(16-11)8-4-5-8)15-9-2-1-3-10(18)6-9/h1-3,6-8,18H,4-5H2,(H,15,16,17). The second-order valence-corrected chi connectivity index (χ2v) is 4.77. The number of aromatic hydroxyl groups is 1. The molecule has 5 heteroatoms. The van der Waals surface area contributed by atoms with E-state index in [4.69, 9.17) is 11.6 Å². The van der Waals surface area contributed by atoms with E-state index in [9.17, 15) is 5.11 Å². The molecule has 0 amide bonds. The first-order valence-corrected chi connectivity index (χ1v) is 6.19. The summed E-state index contributed by atoms with van der Waals surface area (Å²) in [5.41, 5.74) is 0.770. The van der Waals surface area contributed by atoms with Crippen LogP contribution >= 0.6 is 11.6 Å². The second kappa shape index (κ2) is 4.46. The SMILES string of the molecule is Oc1cccc(Nc2cc(Cl)nc(C3CC3)n2)c1. The zero-order valence-corrected chi connectivity index (χ0v) is 10.4. The van der Waals surface area contributed by atoms with E-state index in [-0.39, 0.29) is 5.75 Å². The maximum absolute atomic E-state index is 9.40. The number of phenols is 1. The van der Waals surface area contributed by atoms with E-state index in [1.54, 1.807) is 24.3 Å². The summed E-state index contributed by atoms with van der Waals surface area (Å²) in [7, 11) is 0. The molecule has 2 aromatic rings. The van der Waals surface area contributed by atoms with Crippen LogP contribution in [0.5, 0.6) is 5.75 Å². The van der Waals surface area contributed by atoms with Gasteiger partial charge in [-0.3, -0.25) is 0 Å². The Labute approximate surface area is 110 Å². The average Bonchev–Trinajstić information content (AvgIpc) is 3.11. The van der Waals surface area contributed by atoms with Crippen molar-refractivity contribution in [2.75, 3.05) is 5.32 Å². The zero-order chi connectivity index (χ0) is 12.5. The van der Waals surface area contributed by atoms with E-state index < -0.39 is 0 Å². The Kier molecular flexibility index (Phi) is 2.80. The highest BCUT2D eigenvalue weighted by molar-refractivity contribution is 6.29. The minimum absolute atomic E-state index is 0.211. The molecule has 1 fully saturated rings. The monoisotopic (exact) mass is 261 g/mol. The number of halogens is 1. The minimum Gasteiger partial charge on any atom is -0.508 e. The van der Waals surface area contributed by atoms with E-state index in [1.807, 2.05) is 6.07 Å². The van der Waals surface area contributed by atoms with Crippen LogP contribution in [-0.4, -0.2) is 15.1 Å². The molecule has 0 spiro atoms. The van der Waals surface area contributed by atoms with Crippen molar-refractivity contribution in [1.82, 2.24) is 9.97 Å². The number of nitrogens with one attached hydrogen (secondary N) is 1. The first kappa shape index (κ1) is 11.3. The van der Waals surface area contributed by atoms with Crippen LogP contribution in [0.3, 0.4) is 0 Å². The highest BCUT2D eigenvalue weighted by Crippen LogP contribution is 2.39. The van der Waals surface area contributed by atoms with Gasteiger partial charge in [0.1, 0.15) is 22.5 Å². The van der Waals surface area contributed by atoms with E-state index in [1.165, 1.54) is 0 Å². The summed E-state index contributed by atoms with van der Waals surface area (Å²) in [6.07, 6.45) is 2.26. The summed E-state index contributed by atoms with van der Waals surface area (Å²) >= 11 is 5.98. The summed E-state index contributed by atoms with van der Waals surface area (Å²) < 4.78 is 0. The van der Waals surface area contributed by atoms with Crippen LogP contribution in [0.25, 0.3) is 0 Å². The third-order valence-corrected chi connectivity index (χ3v) is 2.97. The molecule has 18 heavy (non-hydrogen) atoms. The van der Waals surface area contributed by atoms with Gasteiger partial charge in [-0.15, -0.1) is 0 Å². The fourth-order valence-electron chi connectivity index (χ4n) is 1.75. The van der Waals surface area contributed by atoms with Crippen LogP contribution in [0.15, 0.2) is 30.3 Å². The predicted octanol–water partition coefficient (Wildman–Crippen LogP) is 3.46. The quantitative estimate of drug-likeness (QED) is 0.831. The lowest BCUT2D eigenvalue weighted by Gasteiger charge is -2.07. The Morgan fingerprint density at radius 2 is 2.06 bits per heavy atom. The second-order valence-electron chi connectivity index (χ2n) is 4.38. The molecule has 0 radical (unpaired) electrons. The van der Waals surface area contributed by atoms with E-state index >= 15 is 0 Å². The van der Waals surface area contributed by atoms with Crippen LogP contribution in [0.1, 0.15) is 24.6 Å². The molecular weight excluding hydrogens is 250 g/mol. The fourth-order valence-corrected chi connectivity index (χ4v) is 1.94. The van der Waals surface area contributed by atoms with Crippen molar-refractivity contribution in [2.24, 2.45) is 0 Å². The van der Waals surface area contributed by atoms with Crippen molar-refractivity contribution >= 4 is 23.1 Å². The molecule has 2 N–H and O–H groups in total. The van der Waals surface area contributed by atoms with Gasteiger partial charge in [0, 0.05) is 23.7 Å². The molecule has 0 atom stereocenters. The molecule has 3 rings (SSSR count). The van der Waals surface area contributed by atoms with Crippen LogP contribution in [0.2, 0.25) is 5.15 Å². The van der Waals surface area contributed by atoms with Gasteiger partial charge in [0.25, 0.3) is 0 Å². The van der Waals surface area contributed by atoms with E-state index in [0.717, 1.165) is 24.4 Å². The number of benzene rings is 1. The van der Waals surface area contributed by atoms with Crippen molar-refractivity contribution in [3.8, 4) is 5.75 Å². The average molecular weight is 262 g/mol. The lowest BCUT2D eigenvalue weighted by molar-refractivity contribution is 0.475. The van der Waals surface area contributed by atoms with Gasteiger partial charge in [-0.25, -0.2) is 9.97 Å². The molecule has 1 aromatic carbocycles. The maximum atomic E-state index is 9.40. The first-order chi connectivity index (χ1) is 8.70. The molecule has 0 bridgehead atoms. The lowest BCUT2D eigenvalue weighted by atomic mass is 10.3. The van der Waals surface area contributed by atoms with Gasteiger partial charge in [0.2, 0.25) is 0 Å². The number of phenolic OH excluding ortho intramolecular Hbond substituents is 1. The molecule has 1 saturated carbocycles. The van der Waals surface area contributed by atoms with Gasteiger partial charge in [-0.2, -0.15) is 0 Å². The minimum atomic E-state index is 0.211. The maximum Gasteiger partial charge on any atom is 0.135 e. The predicted molar refractivity (Wildman–Crippen MR) is 70.4 cm³/mol. The third-order valence-electron chi connectivity index (χ3n) is 2.77. The molecule has 92 valence electrons. The highest BCUT2D eigenvalue weighted by Gasteiger charge is 2.27. The van der Waals surface area contributed by atoms with Crippen molar-refractivity contribution < 1.29 is 5.11 Å². The number of hydrogen-bond acceptors (Lipinski definition) is 4. The molecule has 1 heterocycles. The fraction of sp³-hybridized carbons (Fsp3) is 0.231. The molecule has 0 saturated heterocycles. The van der Waals surface area contributed by atoms with Crippen molar-refractivity contribution in [2.45, 2.75) is 18.8 Å². The lowest BCUT2D eigenvalue weighted by Crippen LogP contribution is -1.99. The molecule has 1 aliphatic rings. The number of anilines is 2. The van der Waals surface area contributed by atoms with Crippen LogP contribution in [0, 0.1) is 0 Å². The van der Waals surface area contributed by atoms with Crippen molar-refractivity contribution in [3.05, 3.63) is 41.3 Å². The number of hydrogen-bond donors (Lipinski definition) is 2. The molecule has 0 unspecified atom stereocenters. The number of nitrogens with zero attached hydrogens (tertiary/aromatic N) is 2. The Morgan fingerprint density at radius 3 is 2.78 bits per heavy atom. The van der Waals surface area contributed by atoms with Crippen LogP contribution < -0.4 is 5.32 Å². The Balaban J connectivity index is 1.87. The Hall–Kier alpha value is -1.81. The Bertz CT molecular complexity index is 584. The Morgan fingerprint density at radius 1 is 1.22 bits per heavy atom. The molecule has 0 aliphatic heterocycles. The molecule has 1 aliphatic carbocycles. The van der Waals surface area contributed by atoms with Gasteiger partial charge in [-0.05, 0) is 25.0 Å². The van der Waals surface area contributed by atoms with Gasteiger partial charge < -0.3 is 10.4 Å². The summed E-state index contributed by atoms with van der Waals surface area (Å²) in [4.78, 5) is 8.65. The molecular formula is C13H12ClN3O. The number of rotatable bonds is 3. The summed E-state index contributed by atoms with van der Waals surface area (Å²) in [6.45, 7) is 0. The van der Waals surface area contributed by atoms with Crippen molar-refractivity contribution in [1.29, 1.82) is 0 Å². The van der Waals surface area contributed by atoms with Crippen LogP contribution in [-0.2, 0) is 0 Å². The highest BCUT2D eigenvalue weighted by atomic mass is 35.5. The van der Waals surface area contributed by atoms with Gasteiger partial charge in [0.05, 0.1) is 0 Å². The molecule has 1 aromatic heterocycles. The smallest absolute Gasteiger partial charge is 0.135 e. The zero-order valence-electron chi connectivity index (χ0n) is 9.60. The van der Waals surface area contributed by atoms with E-state index in [0.29, 0.717) is 16.9 Å².